The van der Waals surface area contributed by atoms with Crippen LogP contribution in [0.25, 0.3) is 0 Å². The number of fused-ring (bicyclic) bond motifs is 2. The van der Waals surface area contributed by atoms with Crippen LogP contribution in [0.4, 0.5) is 17.1 Å². The molecule has 1 unspecified atom stereocenters. The van der Waals surface area contributed by atoms with E-state index in [9.17, 15) is 5.11 Å². The zero-order valence-corrected chi connectivity index (χ0v) is 16.4. The van der Waals surface area contributed by atoms with E-state index in [0.29, 0.717) is 18.4 Å². The van der Waals surface area contributed by atoms with Gasteiger partial charge in [0.25, 0.3) is 0 Å². The minimum atomic E-state index is 0.159. The summed E-state index contributed by atoms with van der Waals surface area (Å²) in [6, 6.07) is 22.7. The number of phenols is 1. The van der Waals surface area contributed by atoms with E-state index in [1.807, 2.05) is 24.3 Å². The van der Waals surface area contributed by atoms with Crippen LogP contribution in [-0.2, 0) is 0 Å². The number of hydrogen-bond donors (Lipinski definition) is 1. The molecule has 2 aliphatic rings. The Balaban J connectivity index is 1.53. The van der Waals surface area contributed by atoms with Crippen molar-refractivity contribution < 1.29 is 14.6 Å². The molecule has 148 valence electrons. The van der Waals surface area contributed by atoms with Crippen molar-refractivity contribution in [1.29, 1.82) is 0 Å². The van der Waals surface area contributed by atoms with E-state index >= 15 is 0 Å². The molecule has 0 saturated heterocycles. The van der Waals surface area contributed by atoms with Crippen LogP contribution in [0, 0.1) is 0 Å². The van der Waals surface area contributed by atoms with Crippen LogP contribution in [0.2, 0.25) is 0 Å². The van der Waals surface area contributed by atoms with Crippen molar-refractivity contribution in [2.24, 2.45) is 0 Å². The molecule has 1 N–H and O–H groups in total. The summed E-state index contributed by atoms with van der Waals surface area (Å²) in [5.41, 5.74) is 4.61. The van der Waals surface area contributed by atoms with Crippen LogP contribution in [0.1, 0.15) is 18.0 Å². The standard InChI is InChI=1S/C24H24N2O3/c1-28-24-11-10-17(16-22(24)27)25-13-12-20(18-6-2-3-7-19(18)25)26-14-15-29-23-9-5-4-8-21(23)26/h2-11,16,20,27H,12-15H2,1H3. The summed E-state index contributed by atoms with van der Waals surface area (Å²) >= 11 is 0. The van der Waals surface area contributed by atoms with Gasteiger partial charge in [0.05, 0.1) is 25.4 Å². The van der Waals surface area contributed by atoms with Crippen LogP contribution >= 0.6 is 0 Å². The van der Waals surface area contributed by atoms with Gasteiger partial charge in [-0.15, -0.1) is 0 Å². The molecule has 0 radical (unpaired) electrons. The highest BCUT2D eigenvalue weighted by molar-refractivity contribution is 5.72. The van der Waals surface area contributed by atoms with E-state index in [-0.39, 0.29) is 5.75 Å². The highest BCUT2D eigenvalue weighted by Crippen LogP contribution is 2.45. The van der Waals surface area contributed by atoms with E-state index < -0.39 is 0 Å². The zero-order chi connectivity index (χ0) is 19.8. The maximum absolute atomic E-state index is 10.3. The lowest BCUT2D eigenvalue weighted by atomic mass is 9.93. The van der Waals surface area contributed by atoms with Gasteiger partial charge in [-0.3, -0.25) is 0 Å². The van der Waals surface area contributed by atoms with Crippen molar-refractivity contribution in [3.05, 3.63) is 72.3 Å². The first-order valence-electron chi connectivity index (χ1n) is 9.98. The minimum absolute atomic E-state index is 0.159. The number of nitrogens with zero attached hydrogens (tertiary/aromatic N) is 2. The Morgan fingerprint density at radius 1 is 0.966 bits per heavy atom. The van der Waals surface area contributed by atoms with Crippen LogP contribution in [0.15, 0.2) is 66.7 Å². The first kappa shape index (κ1) is 17.7. The topological polar surface area (TPSA) is 45.2 Å². The zero-order valence-electron chi connectivity index (χ0n) is 16.4. The molecule has 29 heavy (non-hydrogen) atoms. The van der Waals surface area contributed by atoms with Crippen molar-refractivity contribution >= 4 is 17.1 Å². The van der Waals surface area contributed by atoms with Gasteiger partial charge in [-0.05, 0) is 42.3 Å². The highest BCUT2D eigenvalue weighted by Gasteiger charge is 2.32. The predicted octanol–water partition coefficient (Wildman–Crippen LogP) is 4.88. The van der Waals surface area contributed by atoms with E-state index in [1.165, 1.54) is 11.3 Å². The maximum Gasteiger partial charge on any atom is 0.160 e. The summed E-state index contributed by atoms with van der Waals surface area (Å²) in [4.78, 5) is 4.75. The lowest BCUT2D eigenvalue weighted by Gasteiger charge is -2.43. The van der Waals surface area contributed by atoms with Crippen LogP contribution in [0.3, 0.4) is 0 Å². The Labute approximate surface area is 170 Å². The molecule has 3 aromatic carbocycles. The Morgan fingerprint density at radius 3 is 2.59 bits per heavy atom. The summed E-state index contributed by atoms with van der Waals surface area (Å²) in [5, 5.41) is 10.3. The quantitative estimate of drug-likeness (QED) is 0.693. The number of hydrogen-bond acceptors (Lipinski definition) is 5. The summed E-state index contributed by atoms with van der Waals surface area (Å²) in [6.45, 7) is 2.44. The number of phenolic OH excluding ortho intramolecular Hbond substituents is 1. The van der Waals surface area contributed by atoms with Gasteiger partial charge in [0, 0.05) is 24.0 Å². The molecule has 0 spiro atoms. The molecule has 2 heterocycles. The number of para-hydroxylation sites is 3. The third-order valence-electron chi connectivity index (χ3n) is 5.83. The number of rotatable bonds is 3. The number of anilines is 3. The van der Waals surface area contributed by atoms with E-state index in [1.54, 1.807) is 13.2 Å². The monoisotopic (exact) mass is 388 g/mol. The molecular weight excluding hydrogens is 364 g/mol. The van der Waals surface area contributed by atoms with Crippen LogP contribution in [0.5, 0.6) is 17.2 Å². The molecular formula is C24H24N2O3. The van der Waals surface area contributed by atoms with Gasteiger partial charge in [-0.2, -0.15) is 0 Å². The summed E-state index contributed by atoms with van der Waals surface area (Å²) in [5.74, 6) is 1.60. The molecule has 0 amide bonds. The lowest BCUT2D eigenvalue weighted by Crippen LogP contribution is -2.40. The van der Waals surface area contributed by atoms with Crippen molar-refractivity contribution in [1.82, 2.24) is 0 Å². The highest BCUT2D eigenvalue weighted by atomic mass is 16.5. The fraction of sp³-hybridized carbons (Fsp3) is 0.250. The van der Waals surface area contributed by atoms with Gasteiger partial charge in [-0.1, -0.05) is 30.3 Å². The van der Waals surface area contributed by atoms with Crippen LogP contribution < -0.4 is 19.3 Å². The third-order valence-corrected chi connectivity index (χ3v) is 5.83. The van der Waals surface area contributed by atoms with Gasteiger partial charge in [0.2, 0.25) is 0 Å². The molecule has 0 aromatic heterocycles. The van der Waals surface area contributed by atoms with Crippen molar-refractivity contribution in [2.75, 3.05) is 36.6 Å². The second kappa shape index (κ2) is 7.24. The van der Waals surface area contributed by atoms with E-state index in [4.69, 9.17) is 9.47 Å². The van der Waals surface area contributed by atoms with Gasteiger partial charge in [-0.25, -0.2) is 0 Å². The Hall–Kier alpha value is -3.34. The summed E-state index contributed by atoms with van der Waals surface area (Å²) in [7, 11) is 1.57. The van der Waals surface area contributed by atoms with Gasteiger partial charge >= 0.3 is 0 Å². The third kappa shape index (κ3) is 3.03. The van der Waals surface area contributed by atoms with Crippen molar-refractivity contribution in [3.8, 4) is 17.2 Å². The first-order valence-corrected chi connectivity index (χ1v) is 9.98. The van der Waals surface area contributed by atoms with E-state index in [2.05, 4.69) is 46.2 Å². The molecule has 5 nitrogen and oxygen atoms in total. The number of aromatic hydroxyl groups is 1. The molecule has 0 aliphatic carbocycles. The minimum Gasteiger partial charge on any atom is -0.504 e. The second-order valence-electron chi connectivity index (χ2n) is 7.38. The molecule has 0 saturated carbocycles. The van der Waals surface area contributed by atoms with Gasteiger partial charge < -0.3 is 24.4 Å². The molecule has 5 rings (SSSR count). The Bertz CT molecular complexity index is 1040. The first-order chi connectivity index (χ1) is 14.3. The molecule has 0 fully saturated rings. The largest absolute Gasteiger partial charge is 0.504 e. The van der Waals surface area contributed by atoms with E-state index in [0.717, 1.165) is 36.6 Å². The molecule has 5 heteroatoms. The van der Waals surface area contributed by atoms with Crippen molar-refractivity contribution in [2.45, 2.75) is 12.5 Å². The van der Waals surface area contributed by atoms with Gasteiger partial charge in [0.1, 0.15) is 12.4 Å². The average molecular weight is 388 g/mol. The SMILES string of the molecule is COc1ccc(N2CCC(N3CCOc4ccccc43)c3ccccc32)cc1O. The fourth-order valence-corrected chi connectivity index (χ4v) is 4.50. The maximum atomic E-state index is 10.3. The molecule has 0 bridgehead atoms. The molecule has 2 aliphatic heterocycles. The number of ether oxygens (including phenoxy) is 2. The summed E-state index contributed by atoms with van der Waals surface area (Å²) in [6.07, 6.45) is 0.984. The van der Waals surface area contributed by atoms with Gasteiger partial charge in [0.15, 0.2) is 11.5 Å². The number of benzene rings is 3. The normalized spacial score (nSPS) is 17.9. The average Bonchev–Trinajstić information content (AvgIpc) is 2.78. The Kier molecular flexibility index (Phi) is 4.43. The fourth-order valence-electron chi connectivity index (χ4n) is 4.50. The smallest absolute Gasteiger partial charge is 0.160 e. The number of methoxy groups -OCH3 is 1. The molecule has 3 aromatic rings. The predicted molar refractivity (Wildman–Crippen MR) is 115 cm³/mol. The summed E-state index contributed by atoms with van der Waals surface area (Å²) < 4.78 is 11.1. The molecule has 1 atom stereocenters. The second-order valence-corrected chi connectivity index (χ2v) is 7.38. The Morgan fingerprint density at radius 2 is 1.76 bits per heavy atom. The lowest BCUT2D eigenvalue weighted by molar-refractivity contribution is 0.298. The van der Waals surface area contributed by atoms with Crippen molar-refractivity contribution in [3.63, 3.8) is 0 Å². The van der Waals surface area contributed by atoms with Crippen LogP contribution in [-0.4, -0.2) is 31.9 Å².